The molecule has 0 unspecified atom stereocenters. The summed E-state index contributed by atoms with van der Waals surface area (Å²) < 4.78 is 5.77. The van der Waals surface area contributed by atoms with Crippen LogP contribution in [0.1, 0.15) is 41.8 Å². The number of amides is 1. The molecule has 0 fully saturated rings. The third-order valence-corrected chi connectivity index (χ3v) is 4.20. The number of benzene rings is 1. The van der Waals surface area contributed by atoms with Crippen molar-refractivity contribution in [2.45, 2.75) is 47.6 Å². The summed E-state index contributed by atoms with van der Waals surface area (Å²) >= 11 is 0. The Morgan fingerprint density at radius 3 is 2.54 bits per heavy atom. The molecule has 2 N–H and O–H groups in total. The van der Waals surface area contributed by atoms with E-state index in [0.29, 0.717) is 0 Å². The summed E-state index contributed by atoms with van der Waals surface area (Å²) in [6.07, 6.45) is 1.30. The number of ether oxygens (including phenoxy) is 1. The van der Waals surface area contributed by atoms with Crippen LogP contribution in [0.3, 0.4) is 0 Å². The highest BCUT2D eigenvalue weighted by atomic mass is 16.5. The first-order valence-corrected chi connectivity index (χ1v) is 8.03. The number of aromatic nitrogens is 1. The van der Waals surface area contributed by atoms with Crippen molar-refractivity contribution in [1.82, 2.24) is 10.4 Å². The minimum absolute atomic E-state index is 0.277. The first kappa shape index (κ1) is 17.8. The van der Waals surface area contributed by atoms with Crippen molar-refractivity contribution in [3.8, 4) is 5.75 Å². The molecule has 0 saturated carbocycles. The number of hydrazone groups is 1. The predicted octanol–water partition coefficient (Wildman–Crippen LogP) is 3.56. The number of rotatable bonds is 5. The summed E-state index contributed by atoms with van der Waals surface area (Å²) in [5.74, 6) is 0.441. The van der Waals surface area contributed by atoms with Gasteiger partial charge in [-0.1, -0.05) is 12.1 Å². The monoisotopic (exact) mass is 327 g/mol. The van der Waals surface area contributed by atoms with Crippen molar-refractivity contribution in [3.05, 3.63) is 52.3 Å². The van der Waals surface area contributed by atoms with Gasteiger partial charge in [-0.2, -0.15) is 5.10 Å². The fourth-order valence-electron chi connectivity index (χ4n) is 2.59. The first-order chi connectivity index (χ1) is 11.3. The molecule has 0 aliphatic carbocycles. The van der Waals surface area contributed by atoms with Crippen LogP contribution in [0.25, 0.3) is 0 Å². The van der Waals surface area contributed by atoms with Crippen molar-refractivity contribution >= 4 is 11.6 Å². The number of H-pyrrole nitrogens is 1. The van der Waals surface area contributed by atoms with Crippen molar-refractivity contribution in [1.29, 1.82) is 0 Å². The Morgan fingerprint density at radius 1 is 1.21 bits per heavy atom. The number of aromatic amines is 1. The van der Waals surface area contributed by atoms with Gasteiger partial charge in [-0.25, -0.2) is 5.43 Å². The highest BCUT2D eigenvalue weighted by molar-refractivity contribution is 6.01. The lowest BCUT2D eigenvalue weighted by Gasteiger charge is -2.16. The summed E-state index contributed by atoms with van der Waals surface area (Å²) in [7, 11) is 0. The average Bonchev–Trinajstić information content (AvgIpc) is 2.88. The highest BCUT2D eigenvalue weighted by Crippen LogP contribution is 2.21. The second-order valence-electron chi connectivity index (χ2n) is 6.10. The number of hydrogen-bond donors (Lipinski definition) is 2. The molecular weight excluding hydrogens is 302 g/mol. The van der Waals surface area contributed by atoms with Gasteiger partial charge in [-0.3, -0.25) is 4.79 Å². The van der Waals surface area contributed by atoms with E-state index in [1.54, 1.807) is 6.92 Å². The van der Waals surface area contributed by atoms with E-state index in [9.17, 15) is 4.79 Å². The van der Waals surface area contributed by atoms with Crippen LogP contribution in [0, 0.1) is 27.7 Å². The molecule has 0 bridgehead atoms. The maximum Gasteiger partial charge on any atom is 0.280 e. The molecule has 0 spiro atoms. The standard InChI is InChI=1S/C19H25N3O2/c1-11-8-7-9-17(13(11)3)24-16(6)19(23)22-21-15(5)18-12(2)10-20-14(18)4/h7-10,16,20H,1-6H3,(H,22,23)/b21-15+/t16-/m0/s1. The van der Waals surface area contributed by atoms with Crippen LogP contribution < -0.4 is 10.2 Å². The van der Waals surface area contributed by atoms with Crippen LogP contribution in [0.2, 0.25) is 0 Å². The largest absolute Gasteiger partial charge is 0.481 e. The third kappa shape index (κ3) is 3.85. The predicted molar refractivity (Wildman–Crippen MR) is 96.6 cm³/mol. The molecule has 5 nitrogen and oxygen atoms in total. The Kier molecular flexibility index (Phi) is 5.44. The molecule has 0 saturated heterocycles. The normalized spacial score (nSPS) is 12.8. The Labute approximate surface area is 143 Å². The minimum atomic E-state index is -0.629. The van der Waals surface area contributed by atoms with Crippen LogP contribution in [-0.2, 0) is 4.79 Å². The van der Waals surface area contributed by atoms with Crippen molar-refractivity contribution in [2.75, 3.05) is 0 Å². The van der Waals surface area contributed by atoms with Crippen LogP contribution >= 0.6 is 0 Å². The maximum atomic E-state index is 12.2. The fourth-order valence-corrected chi connectivity index (χ4v) is 2.59. The highest BCUT2D eigenvalue weighted by Gasteiger charge is 2.16. The van der Waals surface area contributed by atoms with Crippen molar-refractivity contribution in [2.24, 2.45) is 5.10 Å². The number of nitrogens with zero attached hydrogens (tertiary/aromatic N) is 1. The number of carbonyl (C=O) groups is 1. The van der Waals surface area contributed by atoms with Gasteiger partial charge >= 0.3 is 0 Å². The SMILES string of the molecule is C/C(=N\NC(=O)[C@H](C)Oc1cccc(C)c1C)c1c(C)c[nH]c1C. The average molecular weight is 327 g/mol. The molecule has 24 heavy (non-hydrogen) atoms. The zero-order valence-corrected chi connectivity index (χ0v) is 15.2. The van der Waals surface area contributed by atoms with E-state index in [1.807, 2.05) is 59.0 Å². The van der Waals surface area contributed by atoms with E-state index in [1.165, 1.54) is 0 Å². The Bertz CT molecular complexity index is 755. The molecule has 2 aromatic rings. The number of hydrogen-bond acceptors (Lipinski definition) is 3. The van der Waals surface area contributed by atoms with E-state index >= 15 is 0 Å². The smallest absolute Gasteiger partial charge is 0.280 e. The molecule has 0 aliphatic rings. The molecule has 1 amide bonds. The van der Waals surface area contributed by atoms with Crippen LogP contribution in [0.15, 0.2) is 29.5 Å². The van der Waals surface area contributed by atoms with Gasteiger partial charge in [0.1, 0.15) is 5.75 Å². The molecule has 128 valence electrons. The van der Waals surface area contributed by atoms with Crippen LogP contribution in [-0.4, -0.2) is 22.7 Å². The number of carbonyl (C=O) groups excluding carboxylic acids is 1. The maximum absolute atomic E-state index is 12.2. The zero-order valence-electron chi connectivity index (χ0n) is 15.2. The molecular formula is C19H25N3O2. The molecule has 0 aliphatic heterocycles. The Balaban J connectivity index is 2.04. The van der Waals surface area contributed by atoms with Gasteiger partial charge in [-0.15, -0.1) is 0 Å². The van der Waals surface area contributed by atoms with E-state index in [-0.39, 0.29) is 5.91 Å². The minimum Gasteiger partial charge on any atom is -0.481 e. The number of aryl methyl sites for hydroxylation is 3. The Morgan fingerprint density at radius 2 is 1.92 bits per heavy atom. The lowest BCUT2D eigenvalue weighted by Crippen LogP contribution is -2.34. The molecule has 1 atom stereocenters. The van der Waals surface area contributed by atoms with E-state index in [4.69, 9.17) is 4.74 Å². The fraction of sp³-hybridized carbons (Fsp3) is 0.368. The van der Waals surface area contributed by atoms with E-state index in [2.05, 4.69) is 15.5 Å². The van der Waals surface area contributed by atoms with Crippen LogP contribution in [0.5, 0.6) is 5.75 Å². The van der Waals surface area contributed by atoms with Gasteiger partial charge in [0.2, 0.25) is 0 Å². The summed E-state index contributed by atoms with van der Waals surface area (Å²) in [5.41, 5.74) is 8.68. The summed E-state index contributed by atoms with van der Waals surface area (Å²) in [6, 6.07) is 5.80. The van der Waals surface area contributed by atoms with Crippen molar-refractivity contribution < 1.29 is 9.53 Å². The zero-order chi connectivity index (χ0) is 17.9. The molecule has 1 aromatic carbocycles. The summed E-state index contributed by atoms with van der Waals surface area (Å²) in [4.78, 5) is 15.4. The van der Waals surface area contributed by atoms with Gasteiger partial charge in [0.15, 0.2) is 6.10 Å². The Hall–Kier alpha value is -2.56. The molecule has 2 rings (SSSR count). The topological polar surface area (TPSA) is 66.5 Å². The summed E-state index contributed by atoms with van der Waals surface area (Å²) in [5, 5.41) is 4.21. The van der Waals surface area contributed by atoms with E-state index in [0.717, 1.165) is 39.4 Å². The lowest BCUT2D eigenvalue weighted by molar-refractivity contribution is -0.127. The number of nitrogens with one attached hydrogen (secondary N) is 2. The van der Waals surface area contributed by atoms with Gasteiger partial charge < -0.3 is 9.72 Å². The quantitative estimate of drug-likeness (QED) is 0.651. The van der Waals surface area contributed by atoms with E-state index < -0.39 is 6.10 Å². The van der Waals surface area contributed by atoms with Gasteiger partial charge in [0.05, 0.1) is 5.71 Å². The molecule has 1 aromatic heterocycles. The molecule has 5 heteroatoms. The summed E-state index contributed by atoms with van der Waals surface area (Å²) in [6.45, 7) is 11.6. The second kappa shape index (κ2) is 7.34. The van der Waals surface area contributed by atoms with Gasteiger partial charge in [0, 0.05) is 17.5 Å². The molecule has 1 heterocycles. The third-order valence-electron chi connectivity index (χ3n) is 4.20. The first-order valence-electron chi connectivity index (χ1n) is 8.03. The van der Waals surface area contributed by atoms with Crippen LogP contribution in [0.4, 0.5) is 0 Å². The molecule has 0 radical (unpaired) electrons. The van der Waals surface area contributed by atoms with Crippen molar-refractivity contribution in [3.63, 3.8) is 0 Å². The lowest BCUT2D eigenvalue weighted by atomic mass is 10.1. The second-order valence-corrected chi connectivity index (χ2v) is 6.10. The van der Waals surface area contributed by atoms with Gasteiger partial charge in [-0.05, 0) is 64.3 Å². The van der Waals surface area contributed by atoms with Gasteiger partial charge in [0.25, 0.3) is 5.91 Å².